The highest BCUT2D eigenvalue weighted by molar-refractivity contribution is 5.96. The van der Waals surface area contributed by atoms with Crippen molar-refractivity contribution in [1.82, 2.24) is 15.2 Å². The number of aromatic nitrogens is 1. The van der Waals surface area contributed by atoms with E-state index < -0.39 is 0 Å². The molecule has 0 unspecified atom stereocenters. The summed E-state index contributed by atoms with van der Waals surface area (Å²) in [6.45, 7) is 4.99. The van der Waals surface area contributed by atoms with E-state index in [0.717, 1.165) is 22.7 Å². The molecule has 3 aromatic rings. The van der Waals surface area contributed by atoms with Gasteiger partial charge in [-0.25, -0.2) is 4.98 Å². The predicted molar refractivity (Wildman–Crippen MR) is 127 cm³/mol. The minimum atomic E-state index is -0.232. The first-order chi connectivity index (χ1) is 16.1. The summed E-state index contributed by atoms with van der Waals surface area (Å²) in [5.41, 5.74) is 2.68. The lowest BCUT2D eigenvalue weighted by atomic mass is 10.1. The Balaban J connectivity index is 1.22. The van der Waals surface area contributed by atoms with Crippen molar-refractivity contribution in [2.45, 2.75) is 13.5 Å². The molecular formula is C26H28N4O3. The summed E-state index contributed by atoms with van der Waals surface area (Å²) >= 11 is 0. The Labute approximate surface area is 194 Å². The molecule has 1 aromatic heterocycles. The predicted octanol–water partition coefficient (Wildman–Crippen LogP) is 3.05. The highest BCUT2D eigenvalue weighted by atomic mass is 16.5. The van der Waals surface area contributed by atoms with Crippen molar-refractivity contribution < 1.29 is 14.3 Å². The van der Waals surface area contributed by atoms with Gasteiger partial charge in [0.15, 0.2) is 0 Å². The third kappa shape index (κ3) is 6.10. The van der Waals surface area contributed by atoms with Crippen molar-refractivity contribution in [2.24, 2.45) is 0 Å². The lowest BCUT2D eigenvalue weighted by molar-refractivity contribution is -0.130. The smallest absolute Gasteiger partial charge is 0.251 e. The summed E-state index contributed by atoms with van der Waals surface area (Å²) in [5.74, 6) is 1.28. The van der Waals surface area contributed by atoms with Crippen molar-refractivity contribution in [3.8, 4) is 5.75 Å². The Morgan fingerprint density at radius 3 is 2.45 bits per heavy atom. The molecule has 7 nitrogen and oxygen atoms in total. The molecule has 1 fully saturated rings. The van der Waals surface area contributed by atoms with E-state index in [4.69, 9.17) is 4.74 Å². The van der Waals surface area contributed by atoms with E-state index in [1.807, 2.05) is 67.6 Å². The number of nitrogens with one attached hydrogen (secondary N) is 1. The van der Waals surface area contributed by atoms with Crippen molar-refractivity contribution in [1.29, 1.82) is 0 Å². The minimum Gasteiger partial charge on any atom is -0.487 e. The zero-order valence-electron chi connectivity index (χ0n) is 18.7. The SMILES string of the molecule is Cc1cccc(C(=O)NCC(=O)N2CCN(c3ccc(OCc4ccccc4)cn3)CC2)c1. The number of hydrogen-bond acceptors (Lipinski definition) is 5. The van der Waals surface area contributed by atoms with Crippen LogP contribution in [0.15, 0.2) is 72.9 Å². The summed E-state index contributed by atoms with van der Waals surface area (Å²) in [6, 6.07) is 21.2. The number of nitrogens with zero attached hydrogens (tertiary/aromatic N) is 3. The van der Waals surface area contributed by atoms with Gasteiger partial charge in [-0.05, 0) is 36.8 Å². The number of rotatable bonds is 7. The van der Waals surface area contributed by atoms with Gasteiger partial charge in [0.2, 0.25) is 5.91 Å². The second-order valence-electron chi connectivity index (χ2n) is 8.05. The maximum Gasteiger partial charge on any atom is 0.251 e. The van der Waals surface area contributed by atoms with Gasteiger partial charge in [-0.2, -0.15) is 0 Å². The highest BCUT2D eigenvalue weighted by Crippen LogP contribution is 2.18. The largest absolute Gasteiger partial charge is 0.487 e. The number of piperazine rings is 1. The molecule has 0 atom stereocenters. The number of benzene rings is 2. The van der Waals surface area contributed by atoms with Crippen LogP contribution >= 0.6 is 0 Å². The molecule has 1 aliphatic rings. The fraction of sp³-hybridized carbons (Fsp3) is 0.269. The molecule has 7 heteroatoms. The van der Waals surface area contributed by atoms with Gasteiger partial charge in [-0.15, -0.1) is 0 Å². The second-order valence-corrected chi connectivity index (χ2v) is 8.05. The van der Waals surface area contributed by atoms with Gasteiger partial charge in [0.05, 0.1) is 12.7 Å². The normalized spacial score (nSPS) is 13.5. The van der Waals surface area contributed by atoms with Crippen LogP contribution in [0.3, 0.4) is 0 Å². The lowest BCUT2D eigenvalue weighted by Crippen LogP contribution is -2.51. The molecule has 1 N–H and O–H groups in total. The van der Waals surface area contributed by atoms with Gasteiger partial charge < -0.3 is 19.9 Å². The third-order valence-corrected chi connectivity index (χ3v) is 5.61. The van der Waals surface area contributed by atoms with Crippen LogP contribution < -0.4 is 15.0 Å². The van der Waals surface area contributed by atoms with E-state index in [0.29, 0.717) is 38.3 Å². The Kier molecular flexibility index (Phi) is 7.19. The molecule has 4 rings (SSSR count). The van der Waals surface area contributed by atoms with Crippen LogP contribution in [0.4, 0.5) is 5.82 Å². The average Bonchev–Trinajstić information content (AvgIpc) is 2.87. The third-order valence-electron chi connectivity index (χ3n) is 5.61. The fourth-order valence-electron chi connectivity index (χ4n) is 3.73. The lowest BCUT2D eigenvalue weighted by Gasteiger charge is -2.35. The number of ether oxygens (including phenoxy) is 1. The van der Waals surface area contributed by atoms with E-state index in [-0.39, 0.29) is 18.4 Å². The van der Waals surface area contributed by atoms with Crippen molar-refractivity contribution >= 4 is 17.6 Å². The first-order valence-electron chi connectivity index (χ1n) is 11.1. The zero-order valence-corrected chi connectivity index (χ0v) is 18.7. The van der Waals surface area contributed by atoms with Gasteiger partial charge in [0.25, 0.3) is 5.91 Å². The van der Waals surface area contributed by atoms with E-state index >= 15 is 0 Å². The monoisotopic (exact) mass is 444 g/mol. The molecule has 0 bridgehead atoms. The zero-order chi connectivity index (χ0) is 23.0. The van der Waals surface area contributed by atoms with Crippen LogP contribution in [0.1, 0.15) is 21.5 Å². The minimum absolute atomic E-state index is 0.00151. The molecule has 1 aliphatic heterocycles. The first kappa shape index (κ1) is 22.3. The van der Waals surface area contributed by atoms with E-state index in [2.05, 4.69) is 15.2 Å². The molecule has 2 heterocycles. The highest BCUT2D eigenvalue weighted by Gasteiger charge is 2.22. The number of aryl methyl sites for hydroxylation is 1. The quantitative estimate of drug-likeness (QED) is 0.606. The van der Waals surface area contributed by atoms with Crippen LogP contribution in [0.25, 0.3) is 0 Å². The number of carbonyl (C=O) groups excluding carboxylic acids is 2. The van der Waals surface area contributed by atoms with Gasteiger partial charge >= 0.3 is 0 Å². The molecule has 0 aliphatic carbocycles. The Morgan fingerprint density at radius 2 is 1.76 bits per heavy atom. The fourth-order valence-corrected chi connectivity index (χ4v) is 3.73. The van der Waals surface area contributed by atoms with Crippen LogP contribution in [0, 0.1) is 6.92 Å². The Bertz CT molecular complexity index is 1080. The Morgan fingerprint density at radius 1 is 0.970 bits per heavy atom. The van der Waals surface area contributed by atoms with Crippen molar-refractivity contribution in [3.63, 3.8) is 0 Å². The van der Waals surface area contributed by atoms with Crippen LogP contribution in [-0.4, -0.2) is 54.4 Å². The number of amides is 2. The molecule has 1 saturated heterocycles. The van der Waals surface area contributed by atoms with Crippen molar-refractivity contribution in [2.75, 3.05) is 37.6 Å². The topological polar surface area (TPSA) is 74.8 Å². The summed E-state index contributed by atoms with van der Waals surface area (Å²) in [4.78, 5) is 33.3. The number of hydrogen-bond donors (Lipinski definition) is 1. The Hall–Kier alpha value is -3.87. The van der Waals surface area contributed by atoms with E-state index in [1.54, 1.807) is 17.2 Å². The summed E-state index contributed by atoms with van der Waals surface area (Å²) in [7, 11) is 0. The van der Waals surface area contributed by atoms with Gasteiger partial charge in [0, 0.05) is 31.7 Å². The van der Waals surface area contributed by atoms with Crippen LogP contribution in [0.5, 0.6) is 5.75 Å². The maximum atomic E-state index is 12.5. The van der Waals surface area contributed by atoms with Gasteiger partial charge in [-0.3, -0.25) is 9.59 Å². The number of anilines is 1. The summed E-state index contributed by atoms with van der Waals surface area (Å²) in [5, 5.41) is 2.73. The van der Waals surface area contributed by atoms with Crippen LogP contribution in [0.2, 0.25) is 0 Å². The van der Waals surface area contributed by atoms with Crippen LogP contribution in [-0.2, 0) is 11.4 Å². The second kappa shape index (κ2) is 10.6. The number of carbonyl (C=O) groups is 2. The molecule has 2 aromatic carbocycles. The standard InChI is InChI=1S/C26H28N4O3/c1-20-6-5-9-22(16-20)26(32)28-18-25(31)30-14-12-29(13-15-30)24-11-10-23(17-27-24)33-19-21-7-3-2-4-8-21/h2-11,16-17H,12-15,18-19H2,1H3,(H,28,32). The first-order valence-corrected chi connectivity index (χ1v) is 11.1. The van der Waals surface area contributed by atoms with Gasteiger partial charge in [0.1, 0.15) is 18.2 Å². The molecule has 33 heavy (non-hydrogen) atoms. The molecule has 170 valence electrons. The van der Waals surface area contributed by atoms with E-state index in [9.17, 15) is 9.59 Å². The summed E-state index contributed by atoms with van der Waals surface area (Å²) in [6.07, 6.45) is 1.73. The van der Waals surface area contributed by atoms with E-state index in [1.165, 1.54) is 0 Å². The summed E-state index contributed by atoms with van der Waals surface area (Å²) < 4.78 is 5.80. The molecule has 0 saturated carbocycles. The average molecular weight is 445 g/mol. The maximum absolute atomic E-state index is 12.5. The van der Waals surface area contributed by atoms with Gasteiger partial charge in [-0.1, -0.05) is 48.0 Å². The molecule has 2 amide bonds. The number of pyridine rings is 1. The molecule has 0 spiro atoms. The molecule has 0 radical (unpaired) electrons. The molecular weight excluding hydrogens is 416 g/mol. The van der Waals surface area contributed by atoms with Crippen molar-refractivity contribution in [3.05, 3.63) is 89.6 Å².